The number of methoxy groups -OCH3 is 1. The molecule has 0 spiro atoms. The van der Waals surface area contributed by atoms with Gasteiger partial charge < -0.3 is 15.8 Å². The molecule has 0 aliphatic carbocycles. The number of benzene rings is 1. The van der Waals surface area contributed by atoms with Crippen LogP contribution in [0.5, 0.6) is 5.75 Å². The Labute approximate surface area is 116 Å². The third-order valence-electron chi connectivity index (χ3n) is 3.04. The van der Waals surface area contributed by atoms with Gasteiger partial charge in [-0.15, -0.1) is 0 Å². The molecule has 19 heavy (non-hydrogen) atoms. The Morgan fingerprint density at radius 2 is 2.16 bits per heavy atom. The average molecular weight is 263 g/mol. The molecule has 106 valence electrons. The van der Waals surface area contributed by atoms with Gasteiger partial charge in [-0.3, -0.25) is 4.99 Å². The molecule has 1 atom stereocenters. The zero-order valence-corrected chi connectivity index (χ0v) is 12.1. The zero-order valence-electron chi connectivity index (χ0n) is 12.1. The summed E-state index contributed by atoms with van der Waals surface area (Å²) >= 11 is 0. The Bertz CT molecular complexity index is 404. The Balaban J connectivity index is 2.54. The molecule has 0 bridgehead atoms. The van der Waals surface area contributed by atoms with Crippen molar-refractivity contribution in [2.45, 2.75) is 32.6 Å². The highest BCUT2D eigenvalue weighted by atomic mass is 16.5. The summed E-state index contributed by atoms with van der Waals surface area (Å²) in [7, 11) is 1.69. The number of rotatable bonds is 7. The number of unbranched alkanes of at least 4 members (excludes halogenated alkanes) is 1. The lowest BCUT2D eigenvalue weighted by Gasteiger charge is -2.14. The Kier molecular flexibility index (Phi) is 6.79. The molecule has 0 aliphatic rings. The second-order valence-electron chi connectivity index (χ2n) is 4.65. The number of hydrogen-bond donors (Lipinski definition) is 2. The van der Waals surface area contributed by atoms with Crippen molar-refractivity contribution in [1.82, 2.24) is 5.32 Å². The monoisotopic (exact) mass is 263 g/mol. The zero-order chi connectivity index (χ0) is 14.1. The Morgan fingerprint density at radius 1 is 1.42 bits per heavy atom. The first-order chi connectivity index (χ1) is 9.19. The van der Waals surface area contributed by atoms with E-state index < -0.39 is 0 Å². The maximum atomic E-state index is 5.82. The standard InChI is InChI=1S/C15H25N3O/c1-4-5-10-17-15(16)18-11-12(2)13-8-6-7-9-14(13)19-3/h6-9,12H,4-5,10-11H2,1-3H3,(H3,16,17,18). The molecule has 0 amide bonds. The minimum Gasteiger partial charge on any atom is -0.496 e. The molecule has 1 rings (SSSR count). The lowest BCUT2D eigenvalue weighted by atomic mass is 10.0. The van der Waals surface area contributed by atoms with Crippen LogP contribution in [0, 0.1) is 0 Å². The van der Waals surface area contributed by atoms with Gasteiger partial charge in [0.15, 0.2) is 5.96 Å². The van der Waals surface area contributed by atoms with Gasteiger partial charge in [-0.2, -0.15) is 0 Å². The van der Waals surface area contributed by atoms with E-state index in [4.69, 9.17) is 10.5 Å². The third-order valence-corrected chi connectivity index (χ3v) is 3.04. The first-order valence-corrected chi connectivity index (χ1v) is 6.85. The number of nitrogens with one attached hydrogen (secondary N) is 1. The van der Waals surface area contributed by atoms with Crippen molar-refractivity contribution < 1.29 is 4.74 Å². The van der Waals surface area contributed by atoms with E-state index in [1.807, 2.05) is 18.2 Å². The summed E-state index contributed by atoms with van der Waals surface area (Å²) in [5, 5.41) is 3.12. The summed E-state index contributed by atoms with van der Waals surface area (Å²) in [4.78, 5) is 4.38. The largest absolute Gasteiger partial charge is 0.496 e. The van der Waals surface area contributed by atoms with E-state index in [9.17, 15) is 0 Å². The first kappa shape index (κ1) is 15.3. The highest BCUT2D eigenvalue weighted by molar-refractivity contribution is 5.77. The number of hydrogen-bond acceptors (Lipinski definition) is 2. The number of para-hydroxylation sites is 1. The molecule has 4 nitrogen and oxygen atoms in total. The van der Waals surface area contributed by atoms with Crippen LogP contribution in [-0.2, 0) is 0 Å². The van der Waals surface area contributed by atoms with Gasteiger partial charge in [0.2, 0.25) is 0 Å². The smallest absolute Gasteiger partial charge is 0.188 e. The van der Waals surface area contributed by atoms with Gasteiger partial charge in [-0.1, -0.05) is 38.5 Å². The minimum atomic E-state index is 0.280. The predicted molar refractivity (Wildman–Crippen MR) is 80.8 cm³/mol. The van der Waals surface area contributed by atoms with E-state index in [-0.39, 0.29) is 5.92 Å². The van der Waals surface area contributed by atoms with Gasteiger partial charge in [-0.25, -0.2) is 0 Å². The maximum Gasteiger partial charge on any atom is 0.188 e. The summed E-state index contributed by atoms with van der Waals surface area (Å²) < 4.78 is 5.36. The van der Waals surface area contributed by atoms with E-state index in [0.717, 1.165) is 30.7 Å². The van der Waals surface area contributed by atoms with Crippen molar-refractivity contribution >= 4 is 5.96 Å². The van der Waals surface area contributed by atoms with Gasteiger partial charge in [0, 0.05) is 19.0 Å². The van der Waals surface area contributed by atoms with E-state index in [2.05, 4.69) is 30.2 Å². The van der Waals surface area contributed by atoms with E-state index in [1.165, 1.54) is 0 Å². The van der Waals surface area contributed by atoms with Crippen molar-refractivity contribution in [2.24, 2.45) is 10.7 Å². The van der Waals surface area contributed by atoms with Crippen LogP contribution >= 0.6 is 0 Å². The lowest BCUT2D eigenvalue weighted by molar-refractivity contribution is 0.407. The molecule has 0 saturated heterocycles. The second-order valence-corrected chi connectivity index (χ2v) is 4.65. The van der Waals surface area contributed by atoms with Crippen LogP contribution in [-0.4, -0.2) is 26.2 Å². The minimum absolute atomic E-state index is 0.280. The highest BCUT2D eigenvalue weighted by Gasteiger charge is 2.10. The molecule has 0 radical (unpaired) electrons. The topological polar surface area (TPSA) is 59.6 Å². The fraction of sp³-hybridized carbons (Fsp3) is 0.533. The number of aliphatic imine (C=N–C) groups is 1. The van der Waals surface area contributed by atoms with Crippen LogP contribution in [0.1, 0.15) is 38.2 Å². The first-order valence-electron chi connectivity index (χ1n) is 6.85. The molecule has 4 heteroatoms. The van der Waals surface area contributed by atoms with Crippen molar-refractivity contribution in [1.29, 1.82) is 0 Å². The summed E-state index contributed by atoms with van der Waals surface area (Å²) in [6.45, 7) is 5.82. The fourth-order valence-electron chi connectivity index (χ4n) is 1.86. The summed E-state index contributed by atoms with van der Waals surface area (Å²) in [6, 6.07) is 8.03. The van der Waals surface area contributed by atoms with Crippen molar-refractivity contribution in [2.75, 3.05) is 20.2 Å². The Hall–Kier alpha value is -1.71. The van der Waals surface area contributed by atoms with E-state index >= 15 is 0 Å². The summed E-state index contributed by atoms with van der Waals surface area (Å²) in [6.07, 6.45) is 2.26. The lowest BCUT2D eigenvalue weighted by Crippen LogP contribution is -2.32. The Morgan fingerprint density at radius 3 is 2.84 bits per heavy atom. The molecular weight excluding hydrogens is 238 g/mol. The molecule has 0 aromatic heterocycles. The SMILES string of the molecule is CCCCNC(N)=NCC(C)c1ccccc1OC. The quantitative estimate of drug-likeness (QED) is 0.451. The van der Waals surface area contributed by atoms with Crippen LogP contribution in [0.25, 0.3) is 0 Å². The molecule has 1 unspecified atom stereocenters. The van der Waals surface area contributed by atoms with Crippen LogP contribution < -0.4 is 15.8 Å². The number of nitrogens with zero attached hydrogens (tertiary/aromatic N) is 1. The summed E-state index contributed by atoms with van der Waals surface area (Å²) in [5.41, 5.74) is 6.98. The van der Waals surface area contributed by atoms with Gasteiger partial charge >= 0.3 is 0 Å². The molecule has 1 aromatic rings. The fourth-order valence-corrected chi connectivity index (χ4v) is 1.86. The van der Waals surface area contributed by atoms with Crippen LogP contribution in [0.2, 0.25) is 0 Å². The van der Waals surface area contributed by atoms with Gasteiger partial charge in [-0.05, 0) is 18.1 Å². The van der Waals surface area contributed by atoms with Gasteiger partial charge in [0.1, 0.15) is 5.75 Å². The molecule has 0 saturated carbocycles. The van der Waals surface area contributed by atoms with Crippen LogP contribution in [0.4, 0.5) is 0 Å². The van der Waals surface area contributed by atoms with Crippen LogP contribution in [0.15, 0.2) is 29.3 Å². The number of guanidine groups is 1. The number of nitrogens with two attached hydrogens (primary N) is 1. The van der Waals surface area contributed by atoms with Crippen molar-refractivity contribution in [3.63, 3.8) is 0 Å². The van der Waals surface area contributed by atoms with Crippen LogP contribution in [0.3, 0.4) is 0 Å². The summed E-state index contributed by atoms with van der Waals surface area (Å²) in [5.74, 6) is 1.71. The van der Waals surface area contributed by atoms with Gasteiger partial charge in [0.05, 0.1) is 7.11 Å². The number of ether oxygens (including phenoxy) is 1. The third kappa shape index (κ3) is 5.20. The van der Waals surface area contributed by atoms with Crippen molar-refractivity contribution in [3.05, 3.63) is 29.8 Å². The molecule has 3 N–H and O–H groups in total. The van der Waals surface area contributed by atoms with Crippen molar-refractivity contribution in [3.8, 4) is 5.75 Å². The predicted octanol–water partition coefficient (Wildman–Crippen LogP) is 2.50. The molecule has 0 aliphatic heterocycles. The maximum absolute atomic E-state index is 5.82. The molecule has 1 aromatic carbocycles. The normalized spacial score (nSPS) is 13.1. The second kappa shape index (κ2) is 8.40. The molecule has 0 heterocycles. The molecule has 0 fully saturated rings. The van der Waals surface area contributed by atoms with E-state index in [1.54, 1.807) is 7.11 Å². The van der Waals surface area contributed by atoms with E-state index in [0.29, 0.717) is 12.5 Å². The van der Waals surface area contributed by atoms with Gasteiger partial charge in [0.25, 0.3) is 0 Å². The highest BCUT2D eigenvalue weighted by Crippen LogP contribution is 2.26. The molecular formula is C15H25N3O. The average Bonchev–Trinajstić information content (AvgIpc) is 2.45.